The molecule has 5 N–H and O–H groups in total. The van der Waals surface area contributed by atoms with E-state index in [1.165, 1.54) is 10.9 Å². The van der Waals surface area contributed by atoms with Gasteiger partial charge in [-0.15, -0.1) is 12.3 Å². The van der Waals surface area contributed by atoms with Crippen molar-refractivity contribution in [1.82, 2.24) is 19.5 Å². The quantitative estimate of drug-likeness (QED) is 0.487. The fraction of sp³-hybridized carbons (Fsp3) is 0.462. The minimum atomic E-state index is -1.28. The lowest BCUT2D eigenvalue weighted by atomic mass is 10.1. The van der Waals surface area contributed by atoms with Gasteiger partial charge < -0.3 is 25.8 Å². The van der Waals surface area contributed by atoms with Gasteiger partial charge in [0.15, 0.2) is 11.9 Å². The fourth-order valence-corrected chi connectivity index (χ4v) is 2.54. The van der Waals surface area contributed by atoms with Crippen LogP contribution < -0.4 is 5.73 Å². The molecule has 1 saturated heterocycles. The third kappa shape index (κ3) is 2.10. The van der Waals surface area contributed by atoms with Crippen LogP contribution >= 0.6 is 0 Å². The summed E-state index contributed by atoms with van der Waals surface area (Å²) < 4.78 is 6.82. The second-order valence-corrected chi connectivity index (χ2v) is 4.94. The first-order chi connectivity index (χ1) is 10.6. The van der Waals surface area contributed by atoms with Crippen LogP contribution in [0.4, 0.5) is 5.95 Å². The molecule has 2 aromatic heterocycles. The molecule has 3 rings (SSSR count). The fourth-order valence-electron chi connectivity index (χ4n) is 2.54. The van der Waals surface area contributed by atoms with Gasteiger partial charge in [0.2, 0.25) is 5.95 Å². The summed E-state index contributed by atoms with van der Waals surface area (Å²) >= 11 is 0. The largest absolute Gasteiger partial charge is 0.394 e. The monoisotopic (exact) mass is 305 g/mol. The number of imidazole rings is 1. The highest BCUT2D eigenvalue weighted by atomic mass is 16.6. The lowest BCUT2D eigenvalue weighted by molar-refractivity contribution is -0.0500. The average molecular weight is 305 g/mol. The minimum absolute atomic E-state index is 0.0450. The van der Waals surface area contributed by atoms with Crippen LogP contribution in [0.3, 0.4) is 0 Å². The maximum Gasteiger partial charge on any atom is 0.204 e. The molecule has 2 aromatic rings. The second-order valence-electron chi connectivity index (χ2n) is 4.94. The van der Waals surface area contributed by atoms with Gasteiger partial charge >= 0.3 is 0 Å². The molecule has 0 bridgehead atoms. The van der Waals surface area contributed by atoms with Crippen molar-refractivity contribution in [3.63, 3.8) is 0 Å². The lowest BCUT2D eigenvalue weighted by Crippen LogP contribution is -2.33. The zero-order valence-corrected chi connectivity index (χ0v) is 11.5. The van der Waals surface area contributed by atoms with E-state index in [0.29, 0.717) is 16.9 Å². The molecule has 1 aliphatic rings. The predicted molar refractivity (Wildman–Crippen MR) is 75.3 cm³/mol. The number of aromatic nitrogens is 4. The van der Waals surface area contributed by atoms with E-state index in [2.05, 4.69) is 20.9 Å². The van der Waals surface area contributed by atoms with E-state index in [4.69, 9.17) is 22.0 Å². The Morgan fingerprint density at radius 3 is 2.77 bits per heavy atom. The molecule has 0 spiro atoms. The molecule has 22 heavy (non-hydrogen) atoms. The number of rotatable bonds is 3. The van der Waals surface area contributed by atoms with Crippen LogP contribution in [0.15, 0.2) is 6.33 Å². The standard InChI is InChI=1S/C13H15N5O4/c1-2-3-6-8-11(16-5-15-6)18(13(14)17-8)12-10(21)9(20)7(4-19)22-12/h1,5,7,9-10,12,19-21H,3-4H2,(H2,14,17)/t7-,9-,10-,12?/m1/s1. The van der Waals surface area contributed by atoms with Crippen LogP contribution in [0.1, 0.15) is 11.9 Å². The Hall–Kier alpha value is -2.25. The van der Waals surface area contributed by atoms with Crippen molar-refractivity contribution in [1.29, 1.82) is 0 Å². The zero-order chi connectivity index (χ0) is 15.9. The van der Waals surface area contributed by atoms with Gasteiger partial charge in [-0.3, -0.25) is 4.57 Å². The minimum Gasteiger partial charge on any atom is -0.394 e. The third-order valence-electron chi connectivity index (χ3n) is 3.62. The van der Waals surface area contributed by atoms with Crippen LogP contribution in [-0.4, -0.2) is 59.8 Å². The molecule has 0 saturated carbocycles. The first-order valence-corrected chi connectivity index (χ1v) is 6.61. The van der Waals surface area contributed by atoms with E-state index in [-0.39, 0.29) is 12.4 Å². The number of aliphatic hydroxyl groups excluding tert-OH is 3. The molecule has 0 radical (unpaired) electrons. The van der Waals surface area contributed by atoms with Crippen LogP contribution in [0.25, 0.3) is 11.2 Å². The lowest BCUT2D eigenvalue weighted by Gasteiger charge is -2.17. The SMILES string of the molecule is C#CCc1ncnc2c1nc(N)n2C1O[C@H](CO)[C@@H](O)[C@H]1O. The Morgan fingerprint density at radius 2 is 2.14 bits per heavy atom. The van der Waals surface area contributed by atoms with Gasteiger partial charge in [0.1, 0.15) is 30.2 Å². The maximum absolute atomic E-state index is 10.1. The van der Waals surface area contributed by atoms with E-state index in [0.717, 1.165) is 0 Å². The molecule has 9 heteroatoms. The molecular formula is C13H15N5O4. The molecular weight excluding hydrogens is 290 g/mol. The highest BCUT2D eigenvalue weighted by Gasteiger charge is 2.44. The zero-order valence-electron chi connectivity index (χ0n) is 11.5. The van der Waals surface area contributed by atoms with Crippen molar-refractivity contribution in [3.05, 3.63) is 12.0 Å². The number of aliphatic hydroxyl groups is 3. The number of fused-ring (bicyclic) bond motifs is 1. The molecule has 4 atom stereocenters. The average Bonchev–Trinajstić information content (AvgIpc) is 2.98. The van der Waals surface area contributed by atoms with Gasteiger partial charge in [0, 0.05) is 0 Å². The van der Waals surface area contributed by atoms with Gasteiger partial charge in [-0.05, 0) is 0 Å². The van der Waals surface area contributed by atoms with Gasteiger partial charge in [-0.2, -0.15) is 0 Å². The summed E-state index contributed by atoms with van der Waals surface area (Å²) in [6, 6.07) is 0. The molecule has 0 aromatic carbocycles. The molecule has 1 unspecified atom stereocenters. The van der Waals surface area contributed by atoms with Crippen LogP contribution in [-0.2, 0) is 11.2 Å². The maximum atomic E-state index is 10.1. The van der Waals surface area contributed by atoms with Crippen LogP contribution in [0, 0.1) is 12.3 Å². The number of nitrogens with zero attached hydrogens (tertiary/aromatic N) is 4. The Morgan fingerprint density at radius 1 is 1.36 bits per heavy atom. The topological polar surface area (TPSA) is 140 Å². The summed E-state index contributed by atoms with van der Waals surface area (Å²) in [6.45, 7) is -0.432. The molecule has 3 heterocycles. The van der Waals surface area contributed by atoms with E-state index in [1.807, 2.05) is 0 Å². The van der Waals surface area contributed by atoms with Gasteiger partial charge in [0.05, 0.1) is 18.7 Å². The predicted octanol–water partition coefficient (Wildman–Crippen LogP) is -1.80. The number of nitrogen functional groups attached to an aromatic ring is 1. The number of ether oxygens (including phenoxy) is 1. The van der Waals surface area contributed by atoms with E-state index in [9.17, 15) is 10.2 Å². The Labute approximate surface area is 125 Å². The van der Waals surface area contributed by atoms with E-state index < -0.39 is 31.1 Å². The number of hydrogen-bond acceptors (Lipinski definition) is 8. The van der Waals surface area contributed by atoms with Crippen LogP contribution in [0.2, 0.25) is 0 Å². The molecule has 1 fully saturated rings. The third-order valence-corrected chi connectivity index (χ3v) is 3.62. The van der Waals surface area contributed by atoms with Crippen molar-refractivity contribution in [2.45, 2.75) is 31.0 Å². The van der Waals surface area contributed by atoms with Crippen molar-refractivity contribution in [2.75, 3.05) is 12.3 Å². The van der Waals surface area contributed by atoms with E-state index in [1.54, 1.807) is 0 Å². The molecule has 9 nitrogen and oxygen atoms in total. The van der Waals surface area contributed by atoms with Crippen molar-refractivity contribution in [3.8, 4) is 12.3 Å². The van der Waals surface area contributed by atoms with Crippen molar-refractivity contribution in [2.24, 2.45) is 0 Å². The number of terminal acetylenes is 1. The highest BCUT2D eigenvalue weighted by molar-refractivity contribution is 5.76. The van der Waals surface area contributed by atoms with Crippen molar-refractivity contribution < 1.29 is 20.1 Å². The Bertz CT molecular complexity index is 740. The molecule has 0 aliphatic carbocycles. The summed E-state index contributed by atoms with van der Waals surface area (Å²) in [5, 5.41) is 29.1. The number of hydrogen-bond donors (Lipinski definition) is 4. The number of anilines is 1. The Kier molecular flexibility index (Phi) is 3.67. The van der Waals surface area contributed by atoms with Gasteiger partial charge in [0.25, 0.3) is 0 Å². The molecule has 116 valence electrons. The molecule has 0 amide bonds. The first kappa shape index (κ1) is 14.7. The summed E-state index contributed by atoms with van der Waals surface area (Å²) in [6.07, 6.45) is 2.43. The number of nitrogens with two attached hydrogens (primary N) is 1. The van der Waals surface area contributed by atoms with Crippen LogP contribution in [0.5, 0.6) is 0 Å². The van der Waals surface area contributed by atoms with Gasteiger partial charge in [-0.1, -0.05) is 0 Å². The first-order valence-electron chi connectivity index (χ1n) is 6.61. The highest BCUT2D eigenvalue weighted by Crippen LogP contribution is 2.33. The molecule has 1 aliphatic heterocycles. The van der Waals surface area contributed by atoms with Crippen molar-refractivity contribution >= 4 is 17.1 Å². The smallest absolute Gasteiger partial charge is 0.204 e. The summed E-state index contributed by atoms with van der Waals surface area (Å²) in [4.78, 5) is 12.3. The summed E-state index contributed by atoms with van der Waals surface area (Å²) in [5.41, 5.74) is 7.18. The summed E-state index contributed by atoms with van der Waals surface area (Å²) in [5.74, 6) is 2.52. The van der Waals surface area contributed by atoms with E-state index >= 15 is 0 Å². The Balaban J connectivity index is 2.10. The second kappa shape index (κ2) is 5.51. The van der Waals surface area contributed by atoms with Gasteiger partial charge in [-0.25, -0.2) is 15.0 Å². The normalized spacial score (nSPS) is 28.1. The summed E-state index contributed by atoms with van der Waals surface area (Å²) in [7, 11) is 0.